The zero-order valence-electron chi connectivity index (χ0n) is 15.2. The van der Waals surface area contributed by atoms with Crippen molar-refractivity contribution in [2.45, 2.75) is 20.4 Å². The lowest BCUT2D eigenvalue weighted by Gasteiger charge is -2.33. The van der Waals surface area contributed by atoms with E-state index < -0.39 is 5.97 Å². The molecule has 1 amide bonds. The van der Waals surface area contributed by atoms with Gasteiger partial charge in [-0.3, -0.25) is 4.90 Å². The number of rotatable bonds is 5. The first-order chi connectivity index (χ1) is 12.6. The Hall–Kier alpha value is -2.54. The number of fused-ring (bicyclic) bond motifs is 1. The second-order valence-electron chi connectivity index (χ2n) is 6.09. The molecule has 0 radical (unpaired) electrons. The number of esters is 1. The van der Waals surface area contributed by atoms with Crippen LogP contribution in [0.15, 0.2) is 28.7 Å². The fourth-order valence-corrected chi connectivity index (χ4v) is 3.14. The molecule has 140 valence electrons. The van der Waals surface area contributed by atoms with E-state index in [1.165, 1.54) is 0 Å². The third-order valence-corrected chi connectivity index (χ3v) is 4.44. The van der Waals surface area contributed by atoms with E-state index in [0.717, 1.165) is 10.9 Å². The maximum absolute atomic E-state index is 12.3. The predicted molar refractivity (Wildman–Crippen MR) is 96.0 cm³/mol. The number of piperazine rings is 1. The van der Waals surface area contributed by atoms with Gasteiger partial charge in [0.25, 0.3) is 0 Å². The van der Waals surface area contributed by atoms with Crippen LogP contribution in [0.5, 0.6) is 0 Å². The first kappa shape index (κ1) is 18.3. The van der Waals surface area contributed by atoms with Gasteiger partial charge in [0, 0.05) is 43.7 Å². The molecule has 2 heterocycles. The molecule has 3 rings (SSSR count). The van der Waals surface area contributed by atoms with E-state index >= 15 is 0 Å². The Balaban J connectivity index is 1.75. The average Bonchev–Trinajstić information content (AvgIpc) is 3.01. The lowest BCUT2D eigenvalue weighted by molar-refractivity contribution is 0.0488. The van der Waals surface area contributed by atoms with Crippen molar-refractivity contribution in [2.24, 2.45) is 0 Å². The van der Waals surface area contributed by atoms with Gasteiger partial charge in [-0.05, 0) is 19.9 Å². The Morgan fingerprint density at radius 2 is 1.73 bits per heavy atom. The second-order valence-corrected chi connectivity index (χ2v) is 6.09. The van der Waals surface area contributed by atoms with E-state index in [2.05, 4.69) is 4.90 Å². The first-order valence-corrected chi connectivity index (χ1v) is 8.95. The van der Waals surface area contributed by atoms with Gasteiger partial charge < -0.3 is 18.8 Å². The fraction of sp³-hybridized carbons (Fsp3) is 0.474. The van der Waals surface area contributed by atoms with Gasteiger partial charge in [-0.25, -0.2) is 9.59 Å². The van der Waals surface area contributed by atoms with Crippen molar-refractivity contribution in [2.75, 3.05) is 39.4 Å². The summed E-state index contributed by atoms with van der Waals surface area (Å²) in [6.45, 7) is 7.44. The number of carbonyl (C=O) groups excluding carboxylic acids is 2. The minimum absolute atomic E-state index is 0.265. The van der Waals surface area contributed by atoms with Crippen LogP contribution in [0.2, 0.25) is 0 Å². The van der Waals surface area contributed by atoms with Gasteiger partial charge in [-0.15, -0.1) is 0 Å². The molecule has 1 fully saturated rings. The molecule has 26 heavy (non-hydrogen) atoms. The number of amides is 1. The molecule has 0 bridgehead atoms. The predicted octanol–water partition coefficient (Wildman–Crippen LogP) is 2.88. The summed E-state index contributed by atoms with van der Waals surface area (Å²) in [6.07, 6.45) is -0.270. The molecule has 1 aliphatic heterocycles. The summed E-state index contributed by atoms with van der Waals surface area (Å²) < 4.78 is 16.0. The summed E-state index contributed by atoms with van der Waals surface area (Å²) in [7, 11) is 0. The highest BCUT2D eigenvalue weighted by Crippen LogP contribution is 2.28. The smallest absolute Gasteiger partial charge is 0.409 e. The molecule has 2 aromatic rings. The monoisotopic (exact) mass is 360 g/mol. The van der Waals surface area contributed by atoms with Gasteiger partial charge in [0.1, 0.15) is 5.58 Å². The summed E-state index contributed by atoms with van der Waals surface area (Å²) in [4.78, 5) is 28.0. The van der Waals surface area contributed by atoms with E-state index in [0.29, 0.717) is 51.5 Å². The lowest BCUT2D eigenvalue weighted by atomic mass is 10.1. The molecule has 7 heteroatoms. The zero-order chi connectivity index (χ0) is 18.5. The summed E-state index contributed by atoms with van der Waals surface area (Å²) in [5.41, 5.74) is 1.51. The Morgan fingerprint density at radius 3 is 2.42 bits per heavy atom. The van der Waals surface area contributed by atoms with Crippen LogP contribution >= 0.6 is 0 Å². The Morgan fingerprint density at radius 1 is 1.04 bits per heavy atom. The average molecular weight is 360 g/mol. The molecular formula is C19H24N2O5. The molecule has 0 N–H and O–H groups in total. The minimum atomic E-state index is -0.441. The number of para-hydroxylation sites is 1. The largest absolute Gasteiger partial charge is 0.460 e. The minimum Gasteiger partial charge on any atom is -0.460 e. The Bertz CT molecular complexity index is 777. The summed E-state index contributed by atoms with van der Waals surface area (Å²) in [6, 6.07) is 7.60. The number of benzene rings is 1. The second kappa shape index (κ2) is 8.23. The van der Waals surface area contributed by atoms with E-state index in [9.17, 15) is 9.59 Å². The van der Waals surface area contributed by atoms with Crippen molar-refractivity contribution in [1.82, 2.24) is 9.80 Å². The van der Waals surface area contributed by atoms with Gasteiger partial charge in [0.15, 0.2) is 0 Å². The van der Waals surface area contributed by atoms with Crippen LogP contribution in [0, 0.1) is 0 Å². The highest BCUT2D eigenvalue weighted by Gasteiger charge is 2.26. The van der Waals surface area contributed by atoms with Crippen LogP contribution in [0.1, 0.15) is 30.0 Å². The third kappa shape index (κ3) is 3.83. The molecule has 1 aromatic heterocycles. The molecule has 0 aliphatic carbocycles. The topological polar surface area (TPSA) is 72.2 Å². The van der Waals surface area contributed by atoms with E-state index in [1.807, 2.05) is 24.3 Å². The summed E-state index contributed by atoms with van der Waals surface area (Å²) >= 11 is 0. The zero-order valence-corrected chi connectivity index (χ0v) is 15.2. The van der Waals surface area contributed by atoms with Crippen molar-refractivity contribution >= 4 is 23.0 Å². The van der Waals surface area contributed by atoms with Crippen LogP contribution in [0.4, 0.5) is 4.79 Å². The number of nitrogens with zero attached hydrogens (tertiary/aromatic N) is 2. The number of ether oxygens (including phenoxy) is 2. The SMILES string of the molecule is CCOC(=O)c1oc2ccccc2c1CN1CCN(C(=O)OCC)CC1. The van der Waals surface area contributed by atoms with E-state index in [-0.39, 0.29) is 11.9 Å². The standard InChI is InChI=1S/C19H24N2O5/c1-3-24-18(22)17-15(14-7-5-6-8-16(14)26-17)13-20-9-11-21(12-10-20)19(23)25-4-2/h5-8H,3-4,9-13H2,1-2H3. The number of hydrogen-bond acceptors (Lipinski definition) is 6. The number of furan rings is 1. The van der Waals surface area contributed by atoms with Crippen LogP contribution in [0.3, 0.4) is 0 Å². The van der Waals surface area contributed by atoms with E-state index in [1.54, 1.807) is 18.7 Å². The van der Waals surface area contributed by atoms with Crippen molar-refractivity contribution < 1.29 is 23.5 Å². The van der Waals surface area contributed by atoms with Gasteiger partial charge in [0.05, 0.1) is 13.2 Å². The number of carbonyl (C=O) groups is 2. The van der Waals surface area contributed by atoms with Crippen LogP contribution in [-0.2, 0) is 16.0 Å². The molecule has 1 aromatic carbocycles. The van der Waals surface area contributed by atoms with Crippen LogP contribution in [0.25, 0.3) is 11.0 Å². The van der Waals surface area contributed by atoms with Crippen LogP contribution < -0.4 is 0 Å². The molecule has 0 atom stereocenters. The van der Waals surface area contributed by atoms with Gasteiger partial charge in [-0.2, -0.15) is 0 Å². The van der Waals surface area contributed by atoms with Gasteiger partial charge >= 0.3 is 12.1 Å². The van der Waals surface area contributed by atoms with Crippen molar-refractivity contribution in [3.8, 4) is 0 Å². The maximum atomic E-state index is 12.3. The quantitative estimate of drug-likeness (QED) is 0.764. The molecule has 0 saturated carbocycles. The molecule has 0 spiro atoms. The highest BCUT2D eigenvalue weighted by atomic mass is 16.6. The summed E-state index contributed by atoms with van der Waals surface area (Å²) in [5.74, 6) is -0.176. The van der Waals surface area contributed by atoms with Gasteiger partial charge in [0.2, 0.25) is 5.76 Å². The molecule has 7 nitrogen and oxygen atoms in total. The normalized spacial score (nSPS) is 15.2. The van der Waals surface area contributed by atoms with E-state index in [4.69, 9.17) is 13.9 Å². The van der Waals surface area contributed by atoms with Crippen molar-refractivity contribution in [3.05, 3.63) is 35.6 Å². The van der Waals surface area contributed by atoms with Crippen molar-refractivity contribution in [1.29, 1.82) is 0 Å². The molecular weight excluding hydrogens is 336 g/mol. The fourth-order valence-electron chi connectivity index (χ4n) is 3.14. The molecule has 1 aliphatic rings. The Labute approximate surface area is 152 Å². The first-order valence-electron chi connectivity index (χ1n) is 8.95. The van der Waals surface area contributed by atoms with Gasteiger partial charge in [-0.1, -0.05) is 18.2 Å². The maximum Gasteiger partial charge on any atom is 0.409 e. The van der Waals surface area contributed by atoms with Crippen LogP contribution in [-0.4, -0.2) is 61.3 Å². The summed E-state index contributed by atoms with van der Waals surface area (Å²) in [5, 5.41) is 0.920. The lowest BCUT2D eigenvalue weighted by Crippen LogP contribution is -2.48. The Kier molecular flexibility index (Phi) is 5.78. The van der Waals surface area contributed by atoms with Crippen molar-refractivity contribution in [3.63, 3.8) is 0 Å². The highest BCUT2D eigenvalue weighted by molar-refractivity contribution is 5.96. The molecule has 0 unspecified atom stereocenters. The molecule has 1 saturated heterocycles. The third-order valence-electron chi connectivity index (χ3n) is 4.44. The number of hydrogen-bond donors (Lipinski definition) is 0.